The molecule has 2 aromatic rings. The molecule has 3 rings (SSSR count). The number of rotatable bonds is 4. The molecule has 1 atom stereocenters. The molecule has 6 nitrogen and oxygen atoms in total. The summed E-state index contributed by atoms with van der Waals surface area (Å²) in [5, 5.41) is 8.22. The van der Waals surface area contributed by atoms with Crippen LogP contribution in [0.3, 0.4) is 0 Å². The lowest BCUT2D eigenvalue weighted by Gasteiger charge is -2.23. The number of hydrogen-bond acceptors (Lipinski definition) is 4. The van der Waals surface area contributed by atoms with Gasteiger partial charge in [-0.3, -0.25) is 9.00 Å². The predicted molar refractivity (Wildman–Crippen MR) is 103 cm³/mol. The van der Waals surface area contributed by atoms with Crippen LogP contribution in [0.15, 0.2) is 18.2 Å². The molecular weight excluding hydrogens is 397 g/mol. The molecule has 0 aliphatic carbocycles. The lowest BCUT2D eigenvalue weighted by molar-refractivity contribution is -0.118. The first-order valence-corrected chi connectivity index (χ1v) is 10.2. The first kappa shape index (κ1) is 19.2. The third-order valence-corrected chi connectivity index (χ3v) is 5.55. The Hall–Kier alpha value is -1.57. The predicted octanol–water partition coefficient (Wildman–Crippen LogP) is 3.72. The molecule has 0 saturated carbocycles. The number of aromatic nitrogens is 2. The van der Waals surface area contributed by atoms with E-state index in [2.05, 4.69) is 10.4 Å². The molecule has 1 aliphatic heterocycles. The van der Waals surface area contributed by atoms with Crippen LogP contribution in [0.4, 0.5) is 5.82 Å². The number of fused-ring (bicyclic) bond motifs is 1. The Morgan fingerprint density at radius 1 is 1.35 bits per heavy atom. The maximum atomic E-state index is 12.4. The number of carbonyl (C=O) groups excluding carboxylic acids is 1. The number of nitrogens with one attached hydrogen (secondary N) is 1. The summed E-state index contributed by atoms with van der Waals surface area (Å²) < 4.78 is 19.1. The van der Waals surface area contributed by atoms with Crippen molar-refractivity contribution in [3.8, 4) is 5.75 Å². The zero-order valence-electron chi connectivity index (χ0n) is 14.6. The highest BCUT2D eigenvalue weighted by atomic mass is 35.5. The molecule has 2 heterocycles. The lowest BCUT2D eigenvalue weighted by Crippen LogP contribution is -2.29. The van der Waals surface area contributed by atoms with Gasteiger partial charge in [0.2, 0.25) is 0 Å². The Balaban J connectivity index is 1.76. The van der Waals surface area contributed by atoms with Gasteiger partial charge in [-0.1, -0.05) is 23.2 Å². The van der Waals surface area contributed by atoms with Gasteiger partial charge in [-0.25, -0.2) is 4.68 Å². The average Bonchev–Trinajstić information content (AvgIpc) is 3.03. The summed E-state index contributed by atoms with van der Waals surface area (Å²) in [5.74, 6) is 1.42. The highest BCUT2D eigenvalue weighted by Crippen LogP contribution is 2.33. The molecular formula is C17H19Cl2N3O3S. The highest BCUT2D eigenvalue weighted by Gasteiger charge is 2.31. The summed E-state index contributed by atoms with van der Waals surface area (Å²) in [6.45, 7) is 5.76. The number of amides is 1. The topological polar surface area (TPSA) is 73.2 Å². The van der Waals surface area contributed by atoms with Crippen LogP contribution in [-0.2, 0) is 32.6 Å². The Labute approximate surface area is 164 Å². The van der Waals surface area contributed by atoms with Gasteiger partial charge in [0.1, 0.15) is 11.6 Å². The van der Waals surface area contributed by atoms with Crippen LogP contribution in [0.5, 0.6) is 5.75 Å². The molecule has 0 radical (unpaired) electrons. The van der Waals surface area contributed by atoms with Gasteiger partial charge >= 0.3 is 0 Å². The first-order valence-electron chi connectivity index (χ1n) is 7.99. The van der Waals surface area contributed by atoms with Crippen LogP contribution in [0.2, 0.25) is 10.0 Å². The number of hydrogen-bond donors (Lipinski definition) is 1. The van der Waals surface area contributed by atoms with Crippen molar-refractivity contribution >= 4 is 45.7 Å². The number of anilines is 1. The molecule has 26 heavy (non-hydrogen) atoms. The maximum absolute atomic E-state index is 12.4. The summed E-state index contributed by atoms with van der Waals surface area (Å²) in [5.41, 5.74) is 1.28. The van der Waals surface area contributed by atoms with Crippen molar-refractivity contribution in [2.24, 2.45) is 0 Å². The molecule has 1 aromatic carbocycles. The van der Waals surface area contributed by atoms with Gasteiger partial charge in [0.25, 0.3) is 5.91 Å². The molecule has 1 N–H and O–H groups in total. The monoisotopic (exact) mass is 415 g/mol. The Bertz CT molecular complexity index is 890. The fraction of sp³-hybridized carbons (Fsp3) is 0.412. The molecule has 1 amide bonds. The SMILES string of the molecule is CC(C)(C)n1nc2c(c1NC(=O)COc1ccc(Cl)cc1Cl)C[S@@](=O)C2. The van der Waals surface area contributed by atoms with Crippen molar-refractivity contribution in [1.82, 2.24) is 9.78 Å². The van der Waals surface area contributed by atoms with Crippen molar-refractivity contribution < 1.29 is 13.7 Å². The van der Waals surface area contributed by atoms with Crippen molar-refractivity contribution in [2.75, 3.05) is 11.9 Å². The van der Waals surface area contributed by atoms with Gasteiger partial charge < -0.3 is 10.1 Å². The lowest BCUT2D eigenvalue weighted by atomic mass is 10.1. The smallest absolute Gasteiger partial charge is 0.263 e. The minimum Gasteiger partial charge on any atom is -0.482 e. The number of nitrogens with zero attached hydrogens (tertiary/aromatic N) is 2. The van der Waals surface area contributed by atoms with E-state index in [9.17, 15) is 9.00 Å². The summed E-state index contributed by atoms with van der Waals surface area (Å²) >= 11 is 11.9. The van der Waals surface area contributed by atoms with Crippen molar-refractivity contribution in [1.29, 1.82) is 0 Å². The van der Waals surface area contributed by atoms with E-state index >= 15 is 0 Å². The van der Waals surface area contributed by atoms with E-state index in [0.717, 1.165) is 11.3 Å². The second-order valence-corrected chi connectivity index (χ2v) is 9.30. The van der Waals surface area contributed by atoms with Crippen LogP contribution >= 0.6 is 23.2 Å². The normalized spacial score (nSPS) is 16.4. The fourth-order valence-electron chi connectivity index (χ4n) is 2.65. The molecule has 140 valence electrons. The van der Waals surface area contributed by atoms with Gasteiger partial charge in [-0.15, -0.1) is 0 Å². The molecule has 1 aromatic heterocycles. The van der Waals surface area contributed by atoms with Crippen molar-refractivity contribution in [2.45, 2.75) is 37.8 Å². The minimum absolute atomic E-state index is 0.214. The van der Waals surface area contributed by atoms with E-state index in [0.29, 0.717) is 33.1 Å². The molecule has 0 unspecified atom stereocenters. The Morgan fingerprint density at radius 3 is 2.73 bits per heavy atom. The largest absolute Gasteiger partial charge is 0.482 e. The van der Waals surface area contributed by atoms with E-state index in [1.165, 1.54) is 0 Å². The van der Waals surface area contributed by atoms with E-state index in [1.807, 2.05) is 20.8 Å². The first-order chi connectivity index (χ1) is 12.1. The molecule has 0 fully saturated rings. The van der Waals surface area contributed by atoms with E-state index in [-0.39, 0.29) is 18.1 Å². The fourth-order valence-corrected chi connectivity index (χ4v) is 4.37. The number of carbonyl (C=O) groups is 1. The van der Waals surface area contributed by atoms with Gasteiger partial charge in [0.05, 0.1) is 27.8 Å². The molecule has 0 saturated heterocycles. The van der Waals surface area contributed by atoms with Crippen molar-refractivity contribution in [3.05, 3.63) is 39.5 Å². The number of benzene rings is 1. The molecule has 1 aliphatic rings. The Morgan fingerprint density at radius 2 is 2.08 bits per heavy atom. The average molecular weight is 416 g/mol. The van der Waals surface area contributed by atoms with E-state index < -0.39 is 10.8 Å². The zero-order chi connectivity index (χ0) is 19.1. The molecule has 0 bridgehead atoms. The second-order valence-electron chi connectivity index (χ2n) is 7.00. The van der Waals surface area contributed by atoms with Crippen LogP contribution in [0.25, 0.3) is 0 Å². The van der Waals surface area contributed by atoms with Gasteiger partial charge in [-0.2, -0.15) is 5.10 Å². The third kappa shape index (κ3) is 4.05. The number of ether oxygens (including phenoxy) is 1. The van der Waals surface area contributed by atoms with Gasteiger partial charge in [0, 0.05) is 21.4 Å². The maximum Gasteiger partial charge on any atom is 0.263 e. The standard InChI is InChI=1S/C17H19Cl2N3O3S/c1-17(2,3)22-16(11-8-26(24)9-13(11)21-22)20-15(23)7-25-14-5-4-10(18)6-12(14)19/h4-6H,7-9H2,1-3H3,(H,20,23)/t26-/m1/s1. The minimum atomic E-state index is -0.976. The molecule has 9 heteroatoms. The number of halogens is 2. The quantitative estimate of drug-likeness (QED) is 0.825. The van der Waals surface area contributed by atoms with Crippen LogP contribution < -0.4 is 10.1 Å². The van der Waals surface area contributed by atoms with Crippen LogP contribution in [0.1, 0.15) is 32.0 Å². The van der Waals surface area contributed by atoms with E-state index in [1.54, 1.807) is 22.9 Å². The molecule has 0 spiro atoms. The highest BCUT2D eigenvalue weighted by molar-refractivity contribution is 7.83. The summed E-state index contributed by atoms with van der Waals surface area (Å²) in [4.78, 5) is 12.4. The second kappa shape index (κ2) is 7.21. The summed E-state index contributed by atoms with van der Waals surface area (Å²) in [6.07, 6.45) is 0. The van der Waals surface area contributed by atoms with E-state index in [4.69, 9.17) is 27.9 Å². The zero-order valence-corrected chi connectivity index (χ0v) is 17.0. The Kier molecular flexibility index (Phi) is 5.33. The van der Waals surface area contributed by atoms with Crippen LogP contribution in [0, 0.1) is 0 Å². The third-order valence-electron chi connectivity index (χ3n) is 3.82. The van der Waals surface area contributed by atoms with Gasteiger partial charge in [0.15, 0.2) is 6.61 Å². The van der Waals surface area contributed by atoms with Crippen molar-refractivity contribution in [3.63, 3.8) is 0 Å². The summed E-state index contributed by atoms with van der Waals surface area (Å²) in [7, 11) is -0.976. The van der Waals surface area contributed by atoms with Gasteiger partial charge in [-0.05, 0) is 39.0 Å². The summed E-state index contributed by atoms with van der Waals surface area (Å²) in [6, 6.07) is 4.79. The van der Waals surface area contributed by atoms with Crippen LogP contribution in [-0.4, -0.2) is 26.5 Å².